The van der Waals surface area contributed by atoms with Gasteiger partial charge in [-0.05, 0) is 85.9 Å². The van der Waals surface area contributed by atoms with Crippen molar-refractivity contribution in [3.05, 3.63) is 64.7 Å². The number of rotatable bonds is 10. The van der Waals surface area contributed by atoms with Gasteiger partial charge < -0.3 is 18.9 Å². The average molecular weight is 481 g/mol. The maximum absolute atomic E-state index is 11.7. The molecule has 0 atom stereocenters. The summed E-state index contributed by atoms with van der Waals surface area (Å²) in [5, 5.41) is 0. The molecule has 2 aromatic carbocycles. The van der Waals surface area contributed by atoms with Gasteiger partial charge in [-0.3, -0.25) is 0 Å². The van der Waals surface area contributed by atoms with Crippen LogP contribution in [0, 0.1) is 12.3 Å². The summed E-state index contributed by atoms with van der Waals surface area (Å²) in [6.07, 6.45) is 6.21. The summed E-state index contributed by atoms with van der Waals surface area (Å²) in [5.41, 5.74) is 5.74. The van der Waals surface area contributed by atoms with E-state index in [1.807, 2.05) is 38.1 Å². The summed E-state index contributed by atoms with van der Waals surface area (Å²) in [6, 6.07) is 12.2. The SMILES string of the molecule is COC(=O)COC(C)(C)Cc1c(C)ccc(OCc2ccc(OC)cc2)c1C1=CCC(C)(C)CC1. The monoisotopic (exact) mass is 480 g/mol. The molecule has 0 unspecified atom stereocenters. The Hall–Kier alpha value is -2.79. The molecule has 190 valence electrons. The van der Waals surface area contributed by atoms with Gasteiger partial charge in [0.25, 0.3) is 0 Å². The van der Waals surface area contributed by atoms with Crippen molar-refractivity contribution in [2.45, 2.75) is 72.5 Å². The molecule has 0 aromatic heterocycles. The number of esters is 1. The number of aryl methyl sites for hydroxylation is 1. The second-order valence-electron chi connectivity index (χ2n) is 10.8. The van der Waals surface area contributed by atoms with Crippen molar-refractivity contribution in [3.63, 3.8) is 0 Å². The summed E-state index contributed by atoms with van der Waals surface area (Å²) in [6.45, 7) is 11.2. The van der Waals surface area contributed by atoms with Gasteiger partial charge in [0.2, 0.25) is 0 Å². The molecule has 0 radical (unpaired) electrons. The number of hydrogen-bond donors (Lipinski definition) is 0. The maximum atomic E-state index is 11.7. The van der Waals surface area contributed by atoms with Crippen LogP contribution in [0.15, 0.2) is 42.5 Å². The average Bonchev–Trinajstić information content (AvgIpc) is 2.83. The minimum absolute atomic E-state index is 0.0670. The van der Waals surface area contributed by atoms with Crippen LogP contribution >= 0.6 is 0 Å². The van der Waals surface area contributed by atoms with Crippen molar-refractivity contribution in [2.24, 2.45) is 5.41 Å². The lowest BCUT2D eigenvalue weighted by molar-refractivity contribution is -0.151. The Kier molecular flexibility index (Phi) is 8.65. The minimum Gasteiger partial charge on any atom is -0.497 e. The lowest BCUT2D eigenvalue weighted by Gasteiger charge is -2.32. The number of methoxy groups -OCH3 is 2. The molecule has 0 heterocycles. The summed E-state index contributed by atoms with van der Waals surface area (Å²) >= 11 is 0. The molecule has 1 aliphatic rings. The van der Waals surface area contributed by atoms with Gasteiger partial charge in [-0.2, -0.15) is 0 Å². The number of benzene rings is 2. The van der Waals surface area contributed by atoms with Crippen molar-refractivity contribution in [1.82, 2.24) is 0 Å². The highest BCUT2D eigenvalue weighted by Gasteiger charge is 2.29. The molecule has 0 saturated carbocycles. The molecule has 0 saturated heterocycles. The predicted molar refractivity (Wildman–Crippen MR) is 140 cm³/mol. The van der Waals surface area contributed by atoms with Crippen LogP contribution in [-0.4, -0.2) is 32.4 Å². The van der Waals surface area contributed by atoms with E-state index in [9.17, 15) is 4.79 Å². The number of carbonyl (C=O) groups excluding carboxylic acids is 1. The zero-order chi connectivity index (χ0) is 25.6. The normalized spacial score (nSPS) is 15.3. The number of allylic oxidation sites excluding steroid dienone is 2. The highest BCUT2D eigenvalue weighted by Crippen LogP contribution is 2.43. The quantitative estimate of drug-likeness (QED) is 0.355. The molecule has 3 rings (SSSR count). The Morgan fingerprint density at radius 2 is 1.77 bits per heavy atom. The highest BCUT2D eigenvalue weighted by atomic mass is 16.6. The smallest absolute Gasteiger partial charge is 0.331 e. The molecule has 0 spiro atoms. The second kappa shape index (κ2) is 11.3. The Bertz CT molecular complexity index is 1050. The molecule has 5 heteroatoms. The second-order valence-corrected chi connectivity index (χ2v) is 10.8. The summed E-state index contributed by atoms with van der Waals surface area (Å²) in [4.78, 5) is 11.7. The zero-order valence-corrected chi connectivity index (χ0v) is 22.3. The third-order valence-electron chi connectivity index (χ3n) is 6.77. The molecular weight excluding hydrogens is 440 g/mol. The fourth-order valence-corrected chi connectivity index (χ4v) is 4.41. The zero-order valence-electron chi connectivity index (χ0n) is 22.3. The number of ether oxygens (including phenoxy) is 4. The van der Waals surface area contributed by atoms with Crippen LogP contribution < -0.4 is 9.47 Å². The predicted octanol–water partition coefficient (Wildman–Crippen LogP) is 6.69. The third-order valence-corrected chi connectivity index (χ3v) is 6.77. The molecule has 1 aliphatic carbocycles. The first-order valence-corrected chi connectivity index (χ1v) is 12.3. The van der Waals surface area contributed by atoms with Crippen LogP contribution in [0.4, 0.5) is 0 Å². The third kappa shape index (κ3) is 7.35. The Labute approximate surface area is 210 Å². The molecule has 0 fully saturated rings. The van der Waals surface area contributed by atoms with Crippen LogP contribution in [-0.2, 0) is 27.3 Å². The summed E-state index contributed by atoms with van der Waals surface area (Å²) in [7, 11) is 3.04. The van der Waals surface area contributed by atoms with Gasteiger partial charge in [-0.15, -0.1) is 0 Å². The maximum Gasteiger partial charge on any atom is 0.331 e. The van der Waals surface area contributed by atoms with Gasteiger partial charge in [0, 0.05) is 12.0 Å². The van der Waals surface area contributed by atoms with Crippen LogP contribution in [0.2, 0.25) is 0 Å². The fraction of sp³-hybridized carbons (Fsp3) is 0.500. The number of hydrogen-bond acceptors (Lipinski definition) is 5. The van der Waals surface area contributed by atoms with Gasteiger partial charge in [0.1, 0.15) is 24.7 Å². The van der Waals surface area contributed by atoms with Gasteiger partial charge in [-0.1, -0.05) is 38.1 Å². The van der Waals surface area contributed by atoms with Gasteiger partial charge >= 0.3 is 5.97 Å². The van der Waals surface area contributed by atoms with Crippen LogP contribution in [0.25, 0.3) is 5.57 Å². The molecule has 5 nitrogen and oxygen atoms in total. The van der Waals surface area contributed by atoms with Crippen molar-refractivity contribution >= 4 is 11.5 Å². The molecule has 0 amide bonds. The van der Waals surface area contributed by atoms with E-state index >= 15 is 0 Å². The van der Waals surface area contributed by atoms with Crippen molar-refractivity contribution < 1.29 is 23.7 Å². The Morgan fingerprint density at radius 1 is 1.06 bits per heavy atom. The highest BCUT2D eigenvalue weighted by molar-refractivity contribution is 5.75. The first-order valence-electron chi connectivity index (χ1n) is 12.3. The Morgan fingerprint density at radius 3 is 2.37 bits per heavy atom. The first-order chi connectivity index (χ1) is 16.5. The van der Waals surface area contributed by atoms with E-state index in [1.54, 1.807) is 7.11 Å². The lowest BCUT2D eigenvalue weighted by Crippen LogP contribution is -2.31. The molecule has 0 bridgehead atoms. The van der Waals surface area contributed by atoms with E-state index in [0.29, 0.717) is 18.4 Å². The van der Waals surface area contributed by atoms with Crippen molar-refractivity contribution in [2.75, 3.05) is 20.8 Å². The van der Waals surface area contributed by atoms with E-state index in [0.717, 1.165) is 36.3 Å². The van der Waals surface area contributed by atoms with Gasteiger partial charge in [-0.25, -0.2) is 4.79 Å². The molecule has 0 N–H and O–H groups in total. The van der Waals surface area contributed by atoms with Crippen LogP contribution in [0.1, 0.15) is 69.2 Å². The Balaban J connectivity index is 1.95. The summed E-state index contributed by atoms with van der Waals surface area (Å²) < 4.78 is 22.4. The van der Waals surface area contributed by atoms with Crippen LogP contribution in [0.5, 0.6) is 11.5 Å². The topological polar surface area (TPSA) is 54.0 Å². The van der Waals surface area contributed by atoms with Crippen LogP contribution in [0.3, 0.4) is 0 Å². The van der Waals surface area contributed by atoms with E-state index in [-0.39, 0.29) is 12.6 Å². The fourth-order valence-electron chi connectivity index (χ4n) is 4.41. The van der Waals surface area contributed by atoms with Gasteiger partial charge in [0.05, 0.1) is 19.8 Å². The standard InChI is InChI=1S/C30H40O5/c1-21-8-13-26(34-19-22-9-11-24(32-6)12-10-22)28(23-14-16-29(2,3)17-15-23)25(21)18-30(4,5)35-20-27(31)33-7/h8-14H,15-20H2,1-7H3. The summed E-state index contributed by atoms with van der Waals surface area (Å²) in [5.74, 6) is 1.34. The molecule has 35 heavy (non-hydrogen) atoms. The van der Waals surface area contributed by atoms with E-state index < -0.39 is 5.60 Å². The molecular formula is C30H40O5. The molecule has 0 aliphatic heterocycles. The molecule has 2 aromatic rings. The lowest BCUT2D eigenvalue weighted by atomic mass is 9.75. The minimum atomic E-state index is -0.545. The van der Waals surface area contributed by atoms with E-state index in [1.165, 1.54) is 29.4 Å². The van der Waals surface area contributed by atoms with Crippen molar-refractivity contribution in [3.8, 4) is 11.5 Å². The largest absolute Gasteiger partial charge is 0.497 e. The van der Waals surface area contributed by atoms with Gasteiger partial charge in [0.15, 0.2) is 0 Å². The first kappa shape index (κ1) is 26.8. The van der Waals surface area contributed by atoms with Crippen molar-refractivity contribution in [1.29, 1.82) is 0 Å². The van der Waals surface area contributed by atoms with E-state index in [4.69, 9.17) is 18.9 Å². The van der Waals surface area contributed by atoms with E-state index in [2.05, 4.69) is 39.0 Å². The number of carbonyl (C=O) groups is 1.